The Labute approximate surface area is 177 Å². The topological polar surface area (TPSA) is 84.5 Å². The SMILES string of the molecule is CN1C(=O)N(CC(=O)N2CCN(CC(=O)N3CCCC3)CC2)C(=O)C12CCCCC2. The first-order chi connectivity index (χ1) is 14.4. The Kier molecular flexibility index (Phi) is 5.99. The highest BCUT2D eigenvalue weighted by atomic mass is 16.2. The lowest BCUT2D eigenvalue weighted by Crippen LogP contribution is -2.54. The van der Waals surface area contributed by atoms with Crippen LogP contribution in [0.3, 0.4) is 0 Å². The number of carbonyl (C=O) groups is 4. The van der Waals surface area contributed by atoms with Crippen molar-refractivity contribution in [3.05, 3.63) is 0 Å². The summed E-state index contributed by atoms with van der Waals surface area (Å²) in [6.45, 7) is 4.23. The van der Waals surface area contributed by atoms with Crippen LogP contribution in [0.5, 0.6) is 0 Å². The lowest BCUT2D eigenvalue weighted by molar-refractivity contribution is -0.141. The second kappa shape index (κ2) is 8.53. The van der Waals surface area contributed by atoms with E-state index in [2.05, 4.69) is 4.90 Å². The largest absolute Gasteiger partial charge is 0.342 e. The number of carbonyl (C=O) groups excluding carboxylic acids is 4. The molecule has 0 aromatic carbocycles. The van der Waals surface area contributed by atoms with Gasteiger partial charge < -0.3 is 14.7 Å². The first-order valence-corrected chi connectivity index (χ1v) is 11.3. The molecule has 0 radical (unpaired) electrons. The molecule has 1 aliphatic carbocycles. The summed E-state index contributed by atoms with van der Waals surface area (Å²) in [6, 6.07) is -0.356. The molecule has 166 valence electrons. The number of urea groups is 1. The zero-order valence-corrected chi connectivity index (χ0v) is 18.0. The van der Waals surface area contributed by atoms with E-state index in [0.717, 1.165) is 50.1 Å². The molecule has 1 saturated carbocycles. The third-order valence-electron chi connectivity index (χ3n) is 7.32. The summed E-state index contributed by atoms with van der Waals surface area (Å²) < 4.78 is 0. The summed E-state index contributed by atoms with van der Waals surface area (Å²) in [7, 11) is 1.69. The van der Waals surface area contributed by atoms with Crippen LogP contribution in [0.4, 0.5) is 4.79 Å². The maximum Gasteiger partial charge on any atom is 0.327 e. The molecule has 4 aliphatic rings. The summed E-state index contributed by atoms with van der Waals surface area (Å²) in [5.74, 6) is -0.234. The summed E-state index contributed by atoms with van der Waals surface area (Å²) in [5, 5.41) is 0. The van der Waals surface area contributed by atoms with Crippen molar-refractivity contribution in [2.45, 2.75) is 50.5 Å². The van der Waals surface area contributed by atoms with Gasteiger partial charge in [-0.05, 0) is 25.7 Å². The molecule has 0 N–H and O–H groups in total. The Morgan fingerprint density at radius 2 is 1.33 bits per heavy atom. The van der Waals surface area contributed by atoms with E-state index in [1.807, 2.05) is 4.90 Å². The van der Waals surface area contributed by atoms with Crippen LogP contribution in [0, 0.1) is 0 Å². The highest BCUT2D eigenvalue weighted by Gasteiger charge is 2.56. The molecule has 3 aliphatic heterocycles. The van der Waals surface area contributed by atoms with E-state index in [9.17, 15) is 19.2 Å². The maximum absolute atomic E-state index is 13.1. The van der Waals surface area contributed by atoms with E-state index in [4.69, 9.17) is 0 Å². The van der Waals surface area contributed by atoms with Crippen molar-refractivity contribution in [1.29, 1.82) is 0 Å². The standard InChI is InChI=1S/C21H33N5O4/c1-22-20(30)26(19(29)21(22)7-3-2-4-8-21)16-18(28)25-13-11-23(12-14-25)15-17(27)24-9-5-6-10-24/h2-16H2,1H3. The molecule has 9 heteroatoms. The summed E-state index contributed by atoms with van der Waals surface area (Å²) in [6.07, 6.45) is 6.48. The number of rotatable bonds is 4. The zero-order valence-electron chi connectivity index (χ0n) is 18.0. The van der Waals surface area contributed by atoms with E-state index >= 15 is 0 Å². The number of hydrogen-bond acceptors (Lipinski definition) is 5. The van der Waals surface area contributed by atoms with Gasteiger partial charge in [-0.15, -0.1) is 0 Å². The molecule has 0 aromatic heterocycles. The summed E-state index contributed by atoms with van der Waals surface area (Å²) >= 11 is 0. The molecule has 0 bridgehead atoms. The number of hydrogen-bond donors (Lipinski definition) is 0. The first kappa shape index (κ1) is 21.1. The van der Waals surface area contributed by atoms with Gasteiger partial charge in [0.15, 0.2) is 0 Å². The summed E-state index contributed by atoms with van der Waals surface area (Å²) in [5.41, 5.74) is -0.746. The smallest absolute Gasteiger partial charge is 0.327 e. The Bertz CT molecular complexity index is 706. The molecule has 30 heavy (non-hydrogen) atoms. The van der Waals surface area contributed by atoms with Crippen LogP contribution in [-0.4, -0.2) is 113 Å². The van der Waals surface area contributed by atoms with E-state index in [1.54, 1.807) is 16.8 Å². The predicted molar refractivity (Wildman–Crippen MR) is 110 cm³/mol. The minimum absolute atomic E-state index is 0.168. The fourth-order valence-electron chi connectivity index (χ4n) is 5.32. The van der Waals surface area contributed by atoms with Gasteiger partial charge in [-0.25, -0.2) is 4.79 Å². The molecular weight excluding hydrogens is 386 g/mol. The van der Waals surface area contributed by atoms with Gasteiger partial charge in [0.2, 0.25) is 11.8 Å². The molecule has 1 spiro atoms. The Hall–Kier alpha value is -2.16. The second-order valence-corrected chi connectivity index (χ2v) is 9.07. The Morgan fingerprint density at radius 1 is 0.767 bits per heavy atom. The normalized spacial score (nSPS) is 25.0. The zero-order chi connectivity index (χ0) is 21.3. The number of amides is 5. The van der Waals surface area contributed by atoms with E-state index < -0.39 is 5.54 Å². The van der Waals surface area contributed by atoms with Crippen LogP contribution in [0.1, 0.15) is 44.9 Å². The number of imide groups is 1. The van der Waals surface area contributed by atoms with Crippen molar-refractivity contribution in [1.82, 2.24) is 24.5 Å². The van der Waals surface area contributed by atoms with Crippen LogP contribution < -0.4 is 0 Å². The lowest BCUT2D eigenvalue weighted by atomic mass is 9.81. The van der Waals surface area contributed by atoms with Crippen molar-refractivity contribution in [3.8, 4) is 0 Å². The highest BCUT2D eigenvalue weighted by molar-refractivity contribution is 6.08. The van der Waals surface area contributed by atoms with Crippen molar-refractivity contribution in [2.75, 3.05) is 59.4 Å². The third-order valence-corrected chi connectivity index (χ3v) is 7.32. The molecule has 0 atom stereocenters. The first-order valence-electron chi connectivity index (χ1n) is 11.3. The minimum Gasteiger partial charge on any atom is -0.342 e. The van der Waals surface area contributed by atoms with Crippen LogP contribution >= 0.6 is 0 Å². The highest BCUT2D eigenvalue weighted by Crippen LogP contribution is 2.39. The van der Waals surface area contributed by atoms with Gasteiger partial charge in [0.05, 0.1) is 6.54 Å². The van der Waals surface area contributed by atoms with Crippen LogP contribution in [0.15, 0.2) is 0 Å². The van der Waals surface area contributed by atoms with Crippen LogP contribution in [0.25, 0.3) is 0 Å². The number of likely N-dealkylation sites (N-methyl/N-ethyl adjacent to an activating group) is 1. The number of likely N-dealkylation sites (tertiary alicyclic amines) is 1. The average molecular weight is 420 g/mol. The molecule has 3 saturated heterocycles. The maximum atomic E-state index is 13.1. The third kappa shape index (κ3) is 3.79. The average Bonchev–Trinajstić information content (AvgIpc) is 3.36. The molecule has 9 nitrogen and oxygen atoms in total. The molecule has 4 fully saturated rings. The molecule has 5 amide bonds. The molecular formula is C21H33N5O4. The quantitative estimate of drug-likeness (QED) is 0.614. The predicted octanol–water partition coefficient (Wildman–Crippen LogP) is 0.350. The second-order valence-electron chi connectivity index (χ2n) is 9.07. The van der Waals surface area contributed by atoms with Crippen LogP contribution in [0.2, 0.25) is 0 Å². The molecule has 0 aromatic rings. The lowest BCUT2D eigenvalue weighted by Gasteiger charge is -2.36. The van der Waals surface area contributed by atoms with Gasteiger partial charge in [-0.3, -0.25) is 24.2 Å². The van der Waals surface area contributed by atoms with Crippen LogP contribution in [-0.2, 0) is 14.4 Å². The molecule has 4 rings (SSSR count). The van der Waals surface area contributed by atoms with Crippen molar-refractivity contribution < 1.29 is 19.2 Å². The minimum atomic E-state index is -0.746. The van der Waals surface area contributed by atoms with Gasteiger partial charge in [0.25, 0.3) is 5.91 Å². The molecule has 3 heterocycles. The Morgan fingerprint density at radius 3 is 1.97 bits per heavy atom. The monoisotopic (exact) mass is 419 g/mol. The van der Waals surface area contributed by atoms with Gasteiger partial charge >= 0.3 is 6.03 Å². The molecule has 0 unspecified atom stereocenters. The number of piperazine rings is 1. The van der Waals surface area contributed by atoms with Crippen molar-refractivity contribution in [3.63, 3.8) is 0 Å². The van der Waals surface area contributed by atoms with Crippen molar-refractivity contribution in [2.24, 2.45) is 0 Å². The van der Waals surface area contributed by atoms with Crippen molar-refractivity contribution >= 4 is 23.8 Å². The Balaban J connectivity index is 1.29. The van der Waals surface area contributed by atoms with Gasteiger partial charge in [0, 0.05) is 46.3 Å². The van der Waals surface area contributed by atoms with E-state index in [0.29, 0.717) is 45.6 Å². The van der Waals surface area contributed by atoms with E-state index in [-0.39, 0.29) is 30.3 Å². The fourth-order valence-corrected chi connectivity index (χ4v) is 5.32. The van der Waals surface area contributed by atoms with E-state index in [1.165, 1.54) is 0 Å². The fraction of sp³-hybridized carbons (Fsp3) is 0.810. The number of nitrogens with zero attached hydrogens (tertiary/aromatic N) is 5. The summed E-state index contributed by atoms with van der Waals surface area (Å²) in [4.78, 5) is 59.4. The van der Waals surface area contributed by atoms with Gasteiger partial charge in [0.1, 0.15) is 12.1 Å². The van der Waals surface area contributed by atoms with Gasteiger partial charge in [-0.2, -0.15) is 0 Å². The van der Waals surface area contributed by atoms with Gasteiger partial charge in [-0.1, -0.05) is 19.3 Å².